The van der Waals surface area contributed by atoms with Gasteiger partial charge in [0.15, 0.2) is 0 Å². The molecule has 0 fully saturated rings. The molecule has 0 aromatic carbocycles. The SMILES string of the molecule is CC(C)=CCCC(C)=CC[CH]CC=C(C)CCC=C(C)C. The molecule has 0 aliphatic rings. The molecular formula is C21H35. The van der Waals surface area contributed by atoms with E-state index >= 15 is 0 Å². The van der Waals surface area contributed by atoms with Crippen molar-refractivity contribution >= 4 is 0 Å². The highest BCUT2D eigenvalue weighted by Crippen LogP contribution is 2.11. The Balaban J connectivity index is 3.78. The van der Waals surface area contributed by atoms with E-state index < -0.39 is 0 Å². The van der Waals surface area contributed by atoms with Crippen LogP contribution in [0, 0.1) is 6.42 Å². The Kier molecular flexibility index (Phi) is 12.1. The lowest BCUT2D eigenvalue weighted by atomic mass is 10.1. The van der Waals surface area contributed by atoms with Gasteiger partial charge in [0.25, 0.3) is 0 Å². The number of hydrogen-bond donors (Lipinski definition) is 0. The van der Waals surface area contributed by atoms with Crippen LogP contribution in [0.1, 0.15) is 80.1 Å². The van der Waals surface area contributed by atoms with Crippen LogP contribution < -0.4 is 0 Å². The van der Waals surface area contributed by atoms with Crippen molar-refractivity contribution in [3.63, 3.8) is 0 Å². The van der Waals surface area contributed by atoms with Gasteiger partial charge in [-0.25, -0.2) is 0 Å². The average Bonchev–Trinajstić information content (AvgIpc) is 2.37. The summed E-state index contributed by atoms with van der Waals surface area (Å²) in [7, 11) is 0. The van der Waals surface area contributed by atoms with Gasteiger partial charge in [-0.3, -0.25) is 0 Å². The van der Waals surface area contributed by atoms with Crippen LogP contribution in [0.4, 0.5) is 0 Å². The van der Waals surface area contributed by atoms with Crippen molar-refractivity contribution in [2.75, 3.05) is 0 Å². The largest absolute Gasteiger partial charge is 0.0856 e. The zero-order valence-corrected chi connectivity index (χ0v) is 15.1. The van der Waals surface area contributed by atoms with Crippen LogP contribution in [0.2, 0.25) is 0 Å². The molecule has 1 radical (unpaired) electrons. The van der Waals surface area contributed by atoms with Gasteiger partial charge >= 0.3 is 0 Å². The lowest BCUT2D eigenvalue weighted by molar-refractivity contribution is 0.938. The van der Waals surface area contributed by atoms with Crippen LogP contribution in [-0.4, -0.2) is 0 Å². The fourth-order valence-corrected chi connectivity index (χ4v) is 2.05. The third kappa shape index (κ3) is 15.2. The van der Waals surface area contributed by atoms with Gasteiger partial charge in [0, 0.05) is 0 Å². The summed E-state index contributed by atoms with van der Waals surface area (Å²) in [6.07, 6.45) is 18.7. The molecule has 0 amide bonds. The van der Waals surface area contributed by atoms with Crippen LogP contribution in [-0.2, 0) is 0 Å². The molecule has 0 rings (SSSR count). The Labute approximate surface area is 133 Å². The van der Waals surface area contributed by atoms with Crippen LogP contribution in [0.25, 0.3) is 0 Å². The van der Waals surface area contributed by atoms with Crippen LogP contribution >= 0.6 is 0 Å². The summed E-state index contributed by atoms with van der Waals surface area (Å²) in [6, 6.07) is 0. The van der Waals surface area contributed by atoms with Gasteiger partial charge in [0.1, 0.15) is 0 Å². The highest BCUT2D eigenvalue weighted by Gasteiger charge is 1.91. The van der Waals surface area contributed by atoms with Crippen molar-refractivity contribution in [2.24, 2.45) is 0 Å². The maximum Gasteiger partial charge on any atom is -0.0288 e. The Morgan fingerprint density at radius 3 is 1.29 bits per heavy atom. The minimum Gasteiger partial charge on any atom is -0.0856 e. The van der Waals surface area contributed by atoms with Crippen molar-refractivity contribution in [2.45, 2.75) is 80.1 Å². The first-order valence-electron chi connectivity index (χ1n) is 8.31. The van der Waals surface area contributed by atoms with E-state index in [1.807, 2.05) is 0 Å². The molecule has 0 spiro atoms. The summed E-state index contributed by atoms with van der Waals surface area (Å²) in [4.78, 5) is 0. The maximum atomic E-state index is 2.37. The second-order valence-electron chi connectivity index (χ2n) is 6.50. The molecule has 0 heterocycles. The van der Waals surface area contributed by atoms with Gasteiger partial charge in [0.2, 0.25) is 0 Å². The first-order valence-corrected chi connectivity index (χ1v) is 8.31. The smallest absolute Gasteiger partial charge is 0.0288 e. The average molecular weight is 288 g/mol. The molecule has 119 valence electrons. The third-order valence-electron chi connectivity index (χ3n) is 3.45. The first kappa shape index (κ1) is 20.0. The summed E-state index contributed by atoms with van der Waals surface area (Å²) in [5.41, 5.74) is 5.85. The monoisotopic (exact) mass is 287 g/mol. The number of rotatable bonds is 10. The van der Waals surface area contributed by atoms with Crippen molar-refractivity contribution in [1.29, 1.82) is 0 Å². The number of unbranched alkanes of at least 4 members (excludes halogenated alkanes) is 2. The zero-order chi connectivity index (χ0) is 16.1. The molecule has 0 atom stereocenters. The minimum absolute atomic E-state index is 1.10. The van der Waals surface area contributed by atoms with Crippen LogP contribution in [0.3, 0.4) is 0 Å². The molecule has 0 aliphatic heterocycles. The summed E-state index contributed by atoms with van der Waals surface area (Å²) in [5, 5.41) is 0. The molecule has 21 heavy (non-hydrogen) atoms. The highest BCUT2D eigenvalue weighted by atomic mass is 14.0. The third-order valence-corrected chi connectivity index (χ3v) is 3.45. The Hall–Kier alpha value is -1.04. The second-order valence-corrected chi connectivity index (χ2v) is 6.50. The van der Waals surface area contributed by atoms with E-state index in [1.165, 1.54) is 48.0 Å². The fourth-order valence-electron chi connectivity index (χ4n) is 2.05. The molecule has 0 heteroatoms. The molecule has 0 bridgehead atoms. The lowest BCUT2D eigenvalue weighted by Gasteiger charge is -2.00. The summed E-state index contributed by atoms with van der Waals surface area (Å²) >= 11 is 0. The second kappa shape index (κ2) is 12.7. The standard InChI is InChI=1S/C21H35/c1-18(2)12-10-16-20(5)14-8-7-9-15-21(6)17-11-13-19(3)4/h7,12-15H,8-11,16-17H2,1-6H3. The predicted molar refractivity (Wildman–Crippen MR) is 98.4 cm³/mol. The number of hydrogen-bond acceptors (Lipinski definition) is 0. The molecule has 0 aromatic heterocycles. The fraction of sp³-hybridized carbons (Fsp3) is 0.571. The maximum absolute atomic E-state index is 2.37. The van der Waals surface area contributed by atoms with E-state index in [-0.39, 0.29) is 0 Å². The van der Waals surface area contributed by atoms with Gasteiger partial charge in [-0.2, -0.15) is 0 Å². The Morgan fingerprint density at radius 1 is 0.571 bits per heavy atom. The van der Waals surface area contributed by atoms with E-state index in [2.05, 4.69) is 72.3 Å². The molecule has 0 N–H and O–H groups in total. The van der Waals surface area contributed by atoms with E-state index in [9.17, 15) is 0 Å². The Morgan fingerprint density at radius 2 is 0.952 bits per heavy atom. The van der Waals surface area contributed by atoms with Crippen LogP contribution in [0.5, 0.6) is 0 Å². The normalized spacial score (nSPS) is 12.3. The van der Waals surface area contributed by atoms with Gasteiger partial charge in [-0.1, -0.05) is 46.6 Å². The Bertz CT molecular complexity index is 342. The van der Waals surface area contributed by atoms with Crippen molar-refractivity contribution < 1.29 is 0 Å². The zero-order valence-electron chi connectivity index (χ0n) is 15.1. The molecule has 0 aliphatic carbocycles. The summed E-state index contributed by atoms with van der Waals surface area (Å²) in [5.74, 6) is 0. The van der Waals surface area contributed by atoms with E-state index in [0.717, 1.165) is 12.8 Å². The van der Waals surface area contributed by atoms with E-state index in [4.69, 9.17) is 0 Å². The molecular weight excluding hydrogens is 252 g/mol. The van der Waals surface area contributed by atoms with Crippen molar-refractivity contribution in [1.82, 2.24) is 0 Å². The van der Waals surface area contributed by atoms with Crippen molar-refractivity contribution in [3.05, 3.63) is 53.0 Å². The lowest BCUT2D eigenvalue weighted by Crippen LogP contribution is -1.81. The predicted octanol–water partition coefficient (Wildman–Crippen LogP) is 7.36. The summed E-state index contributed by atoms with van der Waals surface area (Å²) < 4.78 is 0. The van der Waals surface area contributed by atoms with E-state index in [1.54, 1.807) is 0 Å². The van der Waals surface area contributed by atoms with Gasteiger partial charge in [-0.15, -0.1) is 0 Å². The summed E-state index contributed by atoms with van der Waals surface area (Å²) in [6.45, 7) is 13.1. The number of allylic oxidation sites excluding steroid dienone is 8. The molecule has 0 saturated heterocycles. The van der Waals surface area contributed by atoms with Crippen molar-refractivity contribution in [3.8, 4) is 0 Å². The van der Waals surface area contributed by atoms with E-state index in [0.29, 0.717) is 0 Å². The van der Waals surface area contributed by atoms with Gasteiger partial charge in [-0.05, 0) is 86.5 Å². The molecule has 0 saturated carbocycles. The highest BCUT2D eigenvalue weighted by molar-refractivity contribution is 5.06. The van der Waals surface area contributed by atoms with Crippen LogP contribution in [0.15, 0.2) is 46.6 Å². The van der Waals surface area contributed by atoms with Gasteiger partial charge < -0.3 is 0 Å². The molecule has 0 nitrogen and oxygen atoms in total. The van der Waals surface area contributed by atoms with Gasteiger partial charge in [0.05, 0.1) is 0 Å². The quantitative estimate of drug-likeness (QED) is 0.291. The topological polar surface area (TPSA) is 0 Å². The molecule has 0 unspecified atom stereocenters. The minimum atomic E-state index is 1.10. The first-order chi connectivity index (χ1) is 9.91. The molecule has 0 aromatic rings.